The van der Waals surface area contributed by atoms with E-state index >= 15 is 0 Å². The van der Waals surface area contributed by atoms with Crippen LogP contribution in [0.2, 0.25) is 5.02 Å². The lowest BCUT2D eigenvalue weighted by molar-refractivity contribution is -0.120. The van der Waals surface area contributed by atoms with Crippen LogP contribution in [0.1, 0.15) is 85.0 Å². The smallest absolute Gasteiger partial charge is 0.286 e. The minimum atomic E-state index is -3.41. The van der Waals surface area contributed by atoms with Crippen LogP contribution in [0.4, 0.5) is 5.69 Å². The highest BCUT2D eigenvalue weighted by atomic mass is 35.5. The van der Waals surface area contributed by atoms with E-state index in [0.29, 0.717) is 49.0 Å². The third kappa shape index (κ3) is 7.41. The van der Waals surface area contributed by atoms with Crippen molar-refractivity contribution in [3.63, 3.8) is 0 Å². The van der Waals surface area contributed by atoms with Crippen LogP contribution in [-0.2, 0) is 38.3 Å². The number of aromatic nitrogens is 2. The molecule has 3 aromatic rings. The lowest BCUT2D eigenvalue weighted by atomic mass is 9.68. The number of carbonyl (C=O) groups is 2. The molecule has 2 saturated carbocycles. The lowest BCUT2D eigenvalue weighted by Crippen LogP contribution is -2.49. The topological polar surface area (TPSA) is 115 Å². The molecule has 1 unspecified atom stereocenters. The molecule has 2 heterocycles. The summed E-state index contributed by atoms with van der Waals surface area (Å²) in [6.45, 7) is 7.94. The number of nitrogens with zero attached hydrogens (tertiary/aromatic N) is 4. The van der Waals surface area contributed by atoms with Gasteiger partial charge in [0.2, 0.25) is 5.91 Å². The van der Waals surface area contributed by atoms with Gasteiger partial charge in [-0.1, -0.05) is 23.7 Å². The molecule has 278 valence electrons. The first-order valence-corrected chi connectivity index (χ1v) is 20.6. The maximum atomic E-state index is 14.3. The highest BCUT2D eigenvalue weighted by Gasteiger charge is 2.47. The summed E-state index contributed by atoms with van der Waals surface area (Å²) in [6, 6.07) is 13.5. The van der Waals surface area contributed by atoms with Gasteiger partial charge in [-0.2, -0.15) is 5.10 Å². The van der Waals surface area contributed by atoms with Crippen LogP contribution in [0.3, 0.4) is 0 Å². The number of amides is 2. The van der Waals surface area contributed by atoms with E-state index in [1.807, 2.05) is 31.3 Å². The van der Waals surface area contributed by atoms with Crippen molar-refractivity contribution >= 4 is 39.0 Å². The van der Waals surface area contributed by atoms with E-state index in [0.717, 1.165) is 61.6 Å². The Kier molecular flexibility index (Phi) is 10.6. The van der Waals surface area contributed by atoms with Crippen LogP contribution >= 0.6 is 11.6 Å². The van der Waals surface area contributed by atoms with Crippen molar-refractivity contribution in [2.75, 3.05) is 37.5 Å². The number of ether oxygens (including phenoxy) is 2. The minimum Gasteiger partial charge on any atom is -0.490 e. The van der Waals surface area contributed by atoms with Gasteiger partial charge in [-0.3, -0.25) is 19.0 Å². The average molecular weight is 748 g/mol. The van der Waals surface area contributed by atoms with Gasteiger partial charge in [-0.25, -0.2) is 4.21 Å². The number of unbranched alkanes of at least 4 members (excludes halogenated alkanes) is 1. The van der Waals surface area contributed by atoms with Crippen LogP contribution < -0.4 is 14.4 Å². The fraction of sp³-hybridized carbons (Fsp3) is 0.525. The van der Waals surface area contributed by atoms with Gasteiger partial charge in [0.15, 0.2) is 0 Å². The molecule has 2 fully saturated rings. The highest BCUT2D eigenvalue weighted by molar-refractivity contribution is 7.92. The molecule has 7 atom stereocenters. The van der Waals surface area contributed by atoms with Gasteiger partial charge in [0.25, 0.3) is 5.91 Å². The van der Waals surface area contributed by atoms with Gasteiger partial charge in [-0.15, -0.1) is 10.9 Å². The number of benzene rings is 2. The summed E-state index contributed by atoms with van der Waals surface area (Å²) in [6.07, 6.45) is 10.5. The van der Waals surface area contributed by atoms with Crippen molar-refractivity contribution in [2.24, 2.45) is 29.2 Å². The number of methoxy groups -OCH3 is 1. The average Bonchev–Trinajstić information content (AvgIpc) is 3.82. The monoisotopic (exact) mass is 747 g/mol. The molecule has 10 nitrogen and oxygen atoms in total. The summed E-state index contributed by atoms with van der Waals surface area (Å²) in [7, 11) is 0.205. The Bertz CT molecular complexity index is 1970. The minimum absolute atomic E-state index is 0.00542. The zero-order valence-corrected chi connectivity index (χ0v) is 32.0. The zero-order valence-electron chi connectivity index (χ0n) is 30.4. The fourth-order valence-corrected chi connectivity index (χ4v) is 10.5. The van der Waals surface area contributed by atoms with Gasteiger partial charge >= 0.3 is 0 Å². The molecule has 1 N–H and O–H groups in total. The second kappa shape index (κ2) is 15.0. The van der Waals surface area contributed by atoms with Crippen molar-refractivity contribution < 1.29 is 23.3 Å². The van der Waals surface area contributed by atoms with Crippen molar-refractivity contribution in [1.82, 2.24) is 14.5 Å². The Labute approximate surface area is 312 Å². The molecule has 4 aliphatic rings. The lowest BCUT2D eigenvalue weighted by Gasteiger charge is -2.45. The first kappa shape index (κ1) is 36.7. The van der Waals surface area contributed by atoms with E-state index in [2.05, 4.69) is 44.7 Å². The number of carbonyl (C=O) groups excluding carboxylic acids is 2. The van der Waals surface area contributed by atoms with Gasteiger partial charge in [0, 0.05) is 67.0 Å². The molecule has 1 aliphatic heterocycles. The Morgan fingerprint density at radius 1 is 1.25 bits per heavy atom. The summed E-state index contributed by atoms with van der Waals surface area (Å²) in [4.78, 5) is 29.8. The van der Waals surface area contributed by atoms with Crippen molar-refractivity contribution in [1.29, 1.82) is 0 Å². The summed E-state index contributed by atoms with van der Waals surface area (Å²) >= 11 is 6.45. The van der Waals surface area contributed by atoms with Gasteiger partial charge in [-0.05, 0) is 118 Å². The van der Waals surface area contributed by atoms with E-state index in [9.17, 15) is 13.8 Å². The summed E-state index contributed by atoms with van der Waals surface area (Å²) in [5, 5.41) is 4.96. The molecule has 12 heteroatoms. The van der Waals surface area contributed by atoms with E-state index in [4.69, 9.17) is 21.1 Å². The fourth-order valence-electron chi connectivity index (χ4n) is 8.67. The quantitative estimate of drug-likeness (QED) is 0.157. The number of halogens is 1. The second-order valence-corrected chi connectivity index (χ2v) is 17.7. The van der Waals surface area contributed by atoms with Gasteiger partial charge in [0.1, 0.15) is 15.7 Å². The zero-order chi connectivity index (χ0) is 36.6. The maximum absolute atomic E-state index is 14.3. The van der Waals surface area contributed by atoms with Crippen molar-refractivity contribution in [3.05, 3.63) is 88.7 Å². The molecule has 2 amide bonds. The van der Waals surface area contributed by atoms with Crippen molar-refractivity contribution in [2.45, 2.75) is 75.7 Å². The third-order valence-electron chi connectivity index (χ3n) is 11.9. The van der Waals surface area contributed by atoms with E-state index in [1.165, 1.54) is 11.1 Å². The molecule has 0 bridgehead atoms. The van der Waals surface area contributed by atoms with E-state index < -0.39 is 15.8 Å². The molecule has 7 rings (SSSR count). The number of hydrogen-bond donors (Lipinski definition) is 1. The number of allylic oxidation sites excluding steroid dienone is 1. The molecule has 0 radical (unpaired) electrons. The number of anilines is 1. The standard InChI is InChI=1S/C40H50ClN5O5S/c1-5-6-7-19-52(49,44-39(48)33-22-32(33)35-16-18-42-45(35)3)43-38(47)28-11-15-37-36(21-28)46(23-29-10-13-31(29)26(2)50-4)24-40(25-51-37)17-8-9-27-20-30(41)12-14-34(27)40/h5,11-12,14-16,18,20-21,26,29,31-33H,1,6-10,13,17,19,22-25H2,2-4H3,(H,43,44,47,48,49)/t26-,29-,31-,32+,33+,40-,52?/m0/s1. The molecule has 52 heavy (non-hydrogen) atoms. The predicted octanol–water partition coefficient (Wildman–Crippen LogP) is 7.02. The molecule has 2 aromatic carbocycles. The van der Waals surface area contributed by atoms with Gasteiger partial charge < -0.3 is 14.4 Å². The number of fused-ring (bicyclic) bond motifs is 3. The summed E-state index contributed by atoms with van der Waals surface area (Å²) in [5.41, 5.74) is 4.38. The molecular weight excluding hydrogens is 698 g/mol. The SMILES string of the molecule is C=CCCCS(=O)(=NC(=O)c1ccc2c(c1)N(C[C@@H]1CC[C@H]1[C@H](C)OC)C[C@@]1(CCCc3cc(Cl)ccc31)CO2)NC(=O)[C@@H]1C[C@H]1c1ccnn1C. The van der Waals surface area contributed by atoms with Crippen LogP contribution in [0.15, 0.2) is 65.7 Å². The highest BCUT2D eigenvalue weighted by Crippen LogP contribution is 2.48. The molecule has 1 aromatic heterocycles. The predicted molar refractivity (Wildman–Crippen MR) is 204 cm³/mol. The third-order valence-corrected chi connectivity index (χ3v) is 13.9. The van der Waals surface area contributed by atoms with Crippen LogP contribution in [0, 0.1) is 17.8 Å². The number of nitrogens with one attached hydrogen (secondary N) is 1. The Morgan fingerprint density at radius 2 is 2.10 bits per heavy atom. The number of rotatable bonds is 12. The number of aryl methyl sites for hydroxylation is 2. The first-order valence-electron chi connectivity index (χ1n) is 18.6. The van der Waals surface area contributed by atoms with Crippen LogP contribution in [0.5, 0.6) is 5.75 Å². The summed E-state index contributed by atoms with van der Waals surface area (Å²) in [5.74, 6) is 0.291. The van der Waals surface area contributed by atoms with Crippen molar-refractivity contribution in [3.8, 4) is 5.75 Å². The first-order chi connectivity index (χ1) is 25.0. The Hall–Kier alpha value is -3.67. The number of hydrogen-bond acceptors (Lipinski definition) is 7. The largest absolute Gasteiger partial charge is 0.490 e. The molecule has 3 aliphatic carbocycles. The van der Waals surface area contributed by atoms with Crippen LogP contribution in [0.25, 0.3) is 0 Å². The second-order valence-electron chi connectivity index (χ2n) is 15.2. The normalized spacial score (nSPS) is 26.4. The van der Waals surface area contributed by atoms with E-state index in [-0.39, 0.29) is 35.0 Å². The van der Waals surface area contributed by atoms with Gasteiger partial charge in [0.05, 0.1) is 24.2 Å². The Balaban J connectivity index is 1.19. The molecule has 1 spiro atoms. The van der Waals surface area contributed by atoms with Crippen LogP contribution in [-0.4, -0.2) is 64.5 Å². The molecule has 0 saturated heterocycles. The Morgan fingerprint density at radius 3 is 2.83 bits per heavy atom. The molecular formula is C40H50ClN5O5S. The summed E-state index contributed by atoms with van der Waals surface area (Å²) < 4.78 is 35.4. The van der Waals surface area contributed by atoms with E-state index in [1.54, 1.807) is 30.1 Å². The maximum Gasteiger partial charge on any atom is 0.286 e.